The van der Waals surface area contributed by atoms with E-state index in [1.54, 1.807) is 12.1 Å². The molecule has 0 atom stereocenters. The van der Waals surface area contributed by atoms with Crippen molar-refractivity contribution in [2.75, 3.05) is 11.9 Å². The maximum absolute atomic E-state index is 12.9. The third-order valence-corrected chi connectivity index (χ3v) is 2.62. The van der Waals surface area contributed by atoms with Crippen molar-refractivity contribution < 1.29 is 9.18 Å². The summed E-state index contributed by atoms with van der Waals surface area (Å²) < 4.78 is 12.9. The van der Waals surface area contributed by atoms with Gasteiger partial charge in [-0.2, -0.15) is 0 Å². The molecule has 2 rings (SSSR count). The van der Waals surface area contributed by atoms with Gasteiger partial charge in [0.1, 0.15) is 5.82 Å². The van der Waals surface area contributed by atoms with Crippen LogP contribution in [0.2, 0.25) is 0 Å². The molecule has 0 saturated carbocycles. The molecule has 2 N–H and O–H groups in total. The fourth-order valence-electron chi connectivity index (χ4n) is 1.71. The summed E-state index contributed by atoms with van der Waals surface area (Å²) in [6, 6.07) is 15.3. The number of benzene rings is 2. The Labute approximate surface area is 111 Å². The monoisotopic (exact) mass is 258 g/mol. The lowest BCUT2D eigenvalue weighted by molar-refractivity contribution is 0.252. The zero-order valence-corrected chi connectivity index (χ0v) is 10.4. The maximum Gasteiger partial charge on any atom is 0.319 e. The minimum absolute atomic E-state index is 0.332. The summed E-state index contributed by atoms with van der Waals surface area (Å²) in [6.45, 7) is 0.533. The molecule has 0 aliphatic rings. The minimum atomic E-state index is -0.373. The molecule has 19 heavy (non-hydrogen) atoms. The van der Waals surface area contributed by atoms with Crippen LogP contribution >= 0.6 is 0 Å². The Morgan fingerprint density at radius 3 is 2.58 bits per heavy atom. The molecule has 0 unspecified atom stereocenters. The highest BCUT2D eigenvalue weighted by molar-refractivity contribution is 5.89. The Hall–Kier alpha value is -2.36. The lowest BCUT2D eigenvalue weighted by Crippen LogP contribution is -2.30. The predicted octanol–water partition coefficient (Wildman–Crippen LogP) is 3.19. The van der Waals surface area contributed by atoms with Crippen LogP contribution in [0.25, 0.3) is 0 Å². The van der Waals surface area contributed by atoms with Crippen molar-refractivity contribution in [1.82, 2.24) is 5.32 Å². The fourth-order valence-corrected chi connectivity index (χ4v) is 1.71. The molecule has 0 bridgehead atoms. The predicted molar refractivity (Wildman–Crippen MR) is 73.6 cm³/mol. The number of anilines is 1. The van der Waals surface area contributed by atoms with E-state index in [-0.39, 0.29) is 11.8 Å². The molecule has 0 aliphatic carbocycles. The SMILES string of the molecule is O=C(NCCc1ccccc1)Nc1cccc(F)c1. The molecule has 2 aromatic carbocycles. The van der Waals surface area contributed by atoms with Crippen LogP contribution in [0.1, 0.15) is 5.56 Å². The van der Waals surface area contributed by atoms with Gasteiger partial charge in [0.2, 0.25) is 0 Å². The lowest BCUT2D eigenvalue weighted by Gasteiger charge is -2.07. The van der Waals surface area contributed by atoms with Crippen molar-refractivity contribution >= 4 is 11.7 Å². The molecule has 3 nitrogen and oxygen atoms in total. The molecule has 0 heterocycles. The van der Waals surface area contributed by atoms with Crippen molar-refractivity contribution in [2.24, 2.45) is 0 Å². The first-order chi connectivity index (χ1) is 9.24. The molecule has 0 fully saturated rings. The number of nitrogens with one attached hydrogen (secondary N) is 2. The number of halogens is 1. The van der Waals surface area contributed by atoms with Crippen LogP contribution in [0.15, 0.2) is 54.6 Å². The smallest absolute Gasteiger partial charge is 0.319 e. The molecular formula is C15H15FN2O. The molecule has 0 aliphatic heterocycles. The quantitative estimate of drug-likeness (QED) is 0.868. The van der Waals surface area contributed by atoms with Gasteiger partial charge in [0.15, 0.2) is 0 Å². The highest BCUT2D eigenvalue weighted by Gasteiger charge is 2.01. The Morgan fingerprint density at radius 2 is 1.84 bits per heavy atom. The van der Waals surface area contributed by atoms with Gasteiger partial charge in [0.25, 0.3) is 0 Å². The van der Waals surface area contributed by atoms with E-state index in [0.717, 1.165) is 12.0 Å². The largest absolute Gasteiger partial charge is 0.338 e. The van der Waals surface area contributed by atoms with Crippen LogP contribution in [-0.2, 0) is 6.42 Å². The van der Waals surface area contributed by atoms with Crippen LogP contribution in [-0.4, -0.2) is 12.6 Å². The second-order valence-electron chi connectivity index (χ2n) is 4.13. The van der Waals surface area contributed by atoms with Gasteiger partial charge in [-0.05, 0) is 30.2 Å². The first-order valence-corrected chi connectivity index (χ1v) is 6.08. The maximum atomic E-state index is 12.9. The standard InChI is InChI=1S/C15H15FN2O/c16-13-7-4-8-14(11-13)18-15(19)17-10-9-12-5-2-1-3-6-12/h1-8,11H,9-10H2,(H2,17,18,19). The van der Waals surface area contributed by atoms with E-state index < -0.39 is 0 Å². The van der Waals surface area contributed by atoms with Gasteiger partial charge in [-0.25, -0.2) is 9.18 Å². The molecule has 2 aromatic rings. The molecule has 98 valence electrons. The molecular weight excluding hydrogens is 243 g/mol. The Balaban J connectivity index is 1.76. The highest BCUT2D eigenvalue weighted by Crippen LogP contribution is 2.08. The second-order valence-corrected chi connectivity index (χ2v) is 4.13. The molecule has 0 saturated heterocycles. The first kappa shape index (κ1) is 13.1. The summed E-state index contributed by atoms with van der Waals surface area (Å²) in [6.07, 6.45) is 0.761. The zero-order chi connectivity index (χ0) is 13.5. The third-order valence-electron chi connectivity index (χ3n) is 2.62. The highest BCUT2D eigenvalue weighted by atomic mass is 19.1. The molecule has 0 aromatic heterocycles. The van der Waals surface area contributed by atoms with Crippen molar-refractivity contribution in [1.29, 1.82) is 0 Å². The average Bonchev–Trinajstić information content (AvgIpc) is 2.40. The molecule has 0 radical (unpaired) electrons. The Morgan fingerprint density at radius 1 is 1.05 bits per heavy atom. The van der Waals surface area contributed by atoms with Crippen LogP contribution in [0.3, 0.4) is 0 Å². The van der Waals surface area contributed by atoms with E-state index in [2.05, 4.69) is 10.6 Å². The van der Waals surface area contributed by atoms with Crippen molar-refractivity contribution in [2.45, 2.75) is 6.42 Å². The van der Waals surface area contributed by atoms with E-state index in [9.17, 15) is 9.18 Å². The van der Waals surface area contributed by atoms with Crippen molar-refractivity contribution in [3.05, 3.63) is 66.0 Å². The molecule has 0 spiro atoms. The fraction of sp³-hybridized carbons (Fsp3) is 0.133. The van der Waals surface area contributed by atoms with Gasteiger partial charge in [-0.3, -0.25) is 0 Å². The topological polar surface area (TPSA) is 41.1 Å². The molecule has 4 heteroatoms. The number of carbonyl (C=O) groups excluding carboxylic acids is 1. The zero-order valence-electron chi connectivity index (χ0n) is 10.4. The van der Waals surface area contributed by atoms with E-state index in [0.29, 0.717) is 12.2 Å². The number of hydrogen-bond acceptors (Lipinski definition) is 1. The third kappa shape index (κ3) is 4.43. The second kappa shape index (κ2) is 6.54. The lowest BCUT2D eigenvalue weighted by atomic mass is 10.1. The van der Waals surface area contributed by atoms with E-state index in [4.69, 9.17) is 0 Å². The van der Waals surface area contributed by atoms with Crippen molar-refractivity contribution in [3.63, 3.8) is 0 Å². The van der Waals surface area contributed by atoms with Gasteiger partial charge in [-0.1, -0.05) is 36.4 Å². The average molecular weight is 258 g/mol. The summed E-state index contributed by atoms with van der Waals surface area (Å²) in [4.78, 5) is 11.6. The van der Waals surface area contributed by atoms with E-state index >= 15 is 0 Å². The minimum Gasteiger partial charge on any atom is -0.338 e. The van der Waals surface area contributed by atoms with Gasteiger partial charge < -0.3 is 10.6 Å². The van der Waals surface area contributed by atoms with Crippen LogP contribution < -0.4 is 10.6 Å². The Kier molecular flexibility index (Phi) is 4.50. The van der Waals surface area contributed by atoms with Crippen LogP contribution in [0, 0.1) is 5.82 Å². The summed E-state index contributed by atoms with van der Waals surface area (Å²) >= 11 is 0. The van der Waals surface area contributed by atoms with E-state index in [1.807, 2.05) is 30.3 Å². The Bertz CT molecular complexity index is 543. The number of carbonyl (C=O) groups is 1. The van der Waals surface area contributed by atoms with Crippen LogP contribution in [0.5, 0.6) is 0 Å². The van der Waals surface area contributed by atoms with Gasteiger partial charge >= 0.3 is 6.03 Å². The summed E-state index contributed by atoms with van der Waals surface area (Å²) in [7, 11) is 0. The van der Waals surface area contributed by atoms with Gasteiger partial charge in [0, 0.05) is 12.2 Å². The van der Waals surface area contributed by atoms with E-state index in [1.165, 1.54) is 12.1 Å². The number of rotatable bonds is 4. The number of hydrogen-bond donors (Lipinski definition) is 2. The summed E-state index contributed by atoms with van der Waals surface area (Å²) in [5.41, 5.74) is 1.60. The number of urea groups is 1. The normalized spacial score (nSPS) is 9.95. The van der Waals surface area contributed by atoms with Gasteiger partial charge in [0.05, 0.1) is 0 Å². The van der Waals surface area contributed by atoms with Gasteiger partial charge in [-0.15, -0.1) is 0 Å². The first-order valence-electron chi connectivity index (χ1n) is 6.08. The molecule has 2 amide bonds. The van der Waals surface area contributed by atoms with Crippen LogP contribution in [0.4, 0.5) is 14.9 Å². The van der Waals surface area contributed by atoms with Crippen molar-refractivity contribution in [3.8, 4) is 0 Å². The summed E-state index contributed by atoms with van der Waals surface area (Å²) in [5, 5.41) is 5.31. The summed E-state index contributed by atoms with van der Waals surface area (Å²) in [5.74, 6) is -0.373. The number of amides is 2.